The molecule has 1 aliphatic rings. The molecule has 1 heterocycles. The van der Waals surface area contributed by atoms with Gasteiger partial charge in [-0.1, -0.05) is 23.5 Å². The first-order chi connectivity index (χ1) is 15.9. The van der Waals surface area contributed by atoms with Crippen molar-refractivity contribution >= 4 is 28.3 Å². The van der Waals surface area contributed by atoms with E-state index in [-0.39, 0.29) is 35.4 Å². The minimum atomic E-state index is -0.738. The monoisotopic (exact) mass is 471 g/mol. The smallest absolute Gasteiger partial charge is 0.303 e. The third-order valence-corrected chi connectivity index (χ3v) is 6.83. The molecule has 0 atom stereocenters. The average Bonchev–Trinajstić information content (AvgIpc) is 3.23. The first-order valence-corrected chi connectivity index (χ1v) is 11.6. The fourth-order valence-electron chi connectivity index (χ4n) is 4.24. The second-order valence-corrected chi connectivity index (χ2v) is 9.37. The lowest BCUT2D eigenvalue weighted by molar-refractivity contribution is -0.138. The van der Waals surface area contributed by atoms with Gasteiger partial charge in [-0.3, -0.25) is 14.9 Å². The molecule has 33 heavy (non-hydrogen) atoms. The molecular weight excluding hydrogens is 448 g/mol. The van der Waals surface area contributed by atoms with E-state index in [0.29, 0.717) is 16.5 Å². The molecule has 1 saturated carbocycles. The number of carbonyl (C=O) groups excluding carboxylic acids is 1. The van der Waals surface area contributed by atoms with Gasteiger partial charge in [-0.25, -0.2) is 8.78 Å². The van der Waals surface area contributed by atoms with Crippen LogP contribution in [-0.4, -0.2) is 27.2 Å². The summed E-state index contributed by atoms with van der Waals surface area (Å²) in [5, 5.41) is 20.3. The molecule has 2 N–H and O–H groups in total. The largest absolute Gasteiger partial charge is 0.481 e. The fourth-order valence-corrected chi connectivity index (χ4v) is 5.00. The summed E-state index contributed by atoms with van der Waals surface area (Å²) in [6, 6.07) is 10.6. The third-order valence-electron chi connectivity index (χ3n) is 5.99. The highest BCUT2D eigenvalue weighted by atomic mass is 32.1. The highest BCUT2D eigenvalue weighted by molar-refractivity contribution is 7.15. The molecule has 1 aromatic heterocycles. The molecular formula is C24H23F2N3O3S. The Balaban J connectivity index is 1.33. The average molecular weight is 472 g/mol. The van der Waals surface area contributed by atoms with Gasteiger partial charge in [0, 0.05) is 18.4 Å². The van der Waals surface area contributed by atoms with Crippen LogP contribution in [0.3, 0.4) is 0 Å². The van der Waals surface area contributed by atoms with E-state index in [0.717, 1.165) is 60.8 Å². The van der Waals surface area contributed by atoms with Crippen molar-refractivity contribution in [3.05, 3.63) is 75.8 Å². The van der Waals surface area contributed by atoms with Crippen LogP contribution < -0.4 is 5.32 Å². The first-order valence-electron chi connectivity index (χ1n) is 10.8. The molecule has 0 aliphatic heterocycles. The maximum atomic E-state index is 13.8. The summed E-state index contributed by atoms with van der Waals surface area (Å²) in [4.78, 5) is 23.5. The van der Waals surface area contributed by atoms with Crippen LogP contribution in [0.4, 0.5) is 13.9 Å². The van der Waals surface area contributed by atoms with Crippen molar-refractivity contribution in [2.24, 2.45) is 5.92 Å². The second-order valence-electron chi connectivity index (χ2n) is 8.31. The number of benzene rings is 2. The quantitative estimate of drug-likeness (QED) is 0.481. The van der Waals surface area contributed by atoms with Crippen LogP contribution in [0.2, 0.25) is 0 Å². The topological polar surface area (TPSA) is 92.2 Å². The summed E-state index contributed by atoms with van der Waals surface area (Å²) in [5.74, 6) is -1.49. The number of halogens is 2. The Hall–Kier alpha value is -3.20. The minimum absolute atomic E-state index is 0.0839. The number of hydrogen-bond acceptors (Lipinski definition) is 5. The van der Waals surface area contributed by atoms with Crippen molar-refractivity contribution in [1.29, 1.82) is 0 Å². The van der Waals surface area contributed by atoms with Crippen LogP contribution in [0.15, 0.2) is 42.5 Å². The van der Waals surface area contributed by atoms with Crippen LogP contribution in [0.5, 0.6) is 0 Å². The molecule has 172 valence electrons. The van der Waals surface area contributed by atoms with Gasteiger partial charge in [0.05, 0.1) is 0 Å². The third kappa shape index (κ3) is 5.98. The Labute approximate surface area is 193 Å². The number of carbonyl (C=O) groups is 2. The maximum Gasteiger partial charge on any atom is 0.303 e. The lowest BCUT2D eigenvalue weighted by atomic mass is 9.77. The van der Waals surface area contributed by atoms with Gasteiger partial charge in [-0.15, -0.1) is 10.2 Å². The van der Waals surface area contributed by atoms with Crippen LogP contribution in [0.25, 0.3) is 0 Å². The van der Waals surface area contributed by atoms with Crippen molar-refractivity contribution in [3.8, 4) is 0 Å². The number of hydrogen-bond donors (Lipinski definition) is 2. The van der Waals surface area contributed by atoms with E-state index in [1.807, 2.05) is 12.1 Å². The van der Waals surface area contributed by atoms with E-state index in [9.17, 15) is 18.4 Å². The van der Waals surface area contributed by atoms with Crippen LogP contribution >= 0.6 is 11.3 Å². The number of carboxylic acids is 1. The summed E-state index contributed by atoms with van der Waals surface area (Å²) >= 11 is 1.11. The van der Waals surface area contributed by atoms with Crippen molar-refractivity contribution in [2.45, 2.75) is 44.4 Å². The Morgan fingerprint density at radius 2 is 1.76 bits per heavy atom. The van der Waals surface area contributed by atoms with E-state index in [1.54, 1.807) is 12.1 Å². The van der Waals surface area contributed by atoms with E-state index in [2.05, 4.69) is 15.5 Å². The van der Waals surface area contributed by atoms with Crippen molar-refractivity contribution in [2.75, 3.05) is 5.32 Å². The second kappa shape index (κ2) is 10.2. The molecule has 0 radical (unpaired) electrons. The molecule has 6 nitrogen and oxygen atoms in total. The SMILES string of the molecule is O=C(O)CC1CCC(c2ccc(C(=O)Nc3nnc(Cc4cc(F)ccc4F)s3)cc2)CC1. The number of aliphatic carboxylic acids is 1. The molecule has 0 unspecified atom stereocenters. The lowest BCUT2D eigenvalue weighted by Crippen LogP contribution is -2.16. The van der Waals surface area contributed by atoms with E-state index < -0.39 is 17.6 Å². The molecule has 9 heteroatoms. The highest BCUT2D eigenvalue weighted by Gasteiger charge is 2.24. The van der Waals surface area contributed by atoms with Crippen LogP contribution in [0, 0.1) is 17.6 Å². The molecule has 0 bridgehead atoms. The molecule has 4 rings (SSSR count). The molecule has 0 saturated heterocycles. The number of nitrogens with one attached hydrogen (secondary N) is 1. The predicted molar refractivity (Wildman–Crippen MR) is 120 cm³/mol. The number of anilines is 1. The summed E-state index contributed by atoms with van der Waals surface area (Å²) in [6.07, 6.45) is 4.01. The lowest BCUT2D eigenvalue weighted by Gasteiger charge is -2.28. The van der Waals surface area contributed by atoms with Crippen LogP contribution in [-0.2, 0) is 11.2 Å². The summed E-state index contributed by atoms with van der Waals surface area (Å²) in [6.45, 7) is 0. The molecule has 1 aliphatic carbocycles. The Kier molecular flexibility index (Phi) is 7.08. The van der Waals surface area contributed by atoms with Crippen molar-refractivity contribution in [3.63, 3.8) is 0 Å². The van der Waals surface area contributed by atoms with Gasteiger partial charge in [-0.05, 0) is 79.0 Å². The first kappa shape index (κ1) is 23.0. The van der Waals surface area contributed by atoms with Gasteiger partial charge in [0.15, 0.2) is 0 Å². The summed E-state index contributed by atoms with van der Waals surface area (Å²) < 4.78 is 27.2. The number of amides is 1. The number of nitrogens with zero attached hydrogens (tertiary/aromatic N) is 2. The van der Waals surface area contributed by atoms with Crippen LogP contribution in [0.1, 0.15) is 64.5 Å². The highest BCUT2D eigenvalue weighted by Crippen LogP contribution is 2.37. The standard InChI is InChI=1S/C24H23F2N3O3S/c25-19-9-10-20(26)18(12-19)13-21-28-29-24(33-21)27-23(32)17-7-5-16(6-8-17)15-3-1-14(2-4-15)11-22(30)31/h5-10,12,14-15H,1-4,11,13H2,(H,30,31)(H,27,29,32). The number of rotatable bonds is 7. The molecule has 3 aromatic rings. The Morgan fingerprint density at radius 1 is 1.03 bits per heavy atom. The number of carboxylic acid groups (broad SMARTS) is 1. The van der Waals surface area contributed by atoms with Gasteiger partial charge in [0.25, 0.3) is 5.91 Å². The van der Waals surface area contributed by atoms with Gasteiger partial charge in [0.1, 0.15) is 16.6 Å². The maximum absolute atomic E-state index is 13.8. The van der Waals surface area contributed by atoms with Crippen molar-refractivity contribution < 1.29 is 23.5 Å². The normalized spacial score (nSPS) is 18.1. The predicted octanol–water partition coefficient (Wildman–Crippen LogP) is 5.41. The zero-order valence-corrected chi connectivity index (χ0v) is 18.6. The van der Waals surface area contributed by atoms with E-state index in [1.165, 1.54) is 0 Å². The molecule has 0 spiro atoms. The number of aromatic nitrogens is 2. The van der Waals surface area contributed by atoms with E-state index >= 15 is 0 Å². The van der Waals surface area contributed by atoms with Crippen molar-refractivity contribution in [1.82, 2.24) is 10.2 Å². The molecule has 1 fully saturated rings. The minimum Gasteiger partial charge on any atom is -0.481 e. The zero-order valence-electron chi connectivity index (χ0n) is 17.8. The zero-order chi connectivity index (χ0) is 23.4. The van der Waals surface area contributed by atoms with Gasteiger partial charge in [0.2, 0.25) is 5.13 Å². The molecule has 2 aromatic carbocycles. The summed E-state index contributed by atoms with van der Waals surface area (Å²) in [7, 11) is 0. The fraction of sp³-hybridized carbons (Fsp3) is 0.333. The van der Waals surface area contributed by atoms with Gasteiger partial charge in [-0.2, -0.15) is 0 Å². The Morgan fingerprint density at radius 3 is 2.45 bits per heavy atom. The Bertz CT molecular complexity index is 1140. The van der Waals surface area contributed by atoms with Gasteiger partial charge < -0.3 is 5.11 Å². The van der Waals surface area contributed by atoms with Gasteiger partial charge >= 0.3 is 5.97 Å². The molecule has 1 amide bonds. The van der Waals surface area contributed by atoms with E-state index in [4.69, 9.17) is 5.11 Å². The summed E-state index contributed by atoms with van der Waals surface area (Å²) in [5.41, 5.74) is 1.80.